The summed E-state index contributed by atoms with van der Waals surface area (Å²) < 4.78 is 20.9. The van der Waals surface area contributed by atoms with Crippen LogP contribution in [-0.4, -0.2) is 51.7 Å². The zero-order chi connectivity index (χ0) is 14.3. The predicted octanol–water partition coefficient (Wildman–Crippen LogP) is -0.895. The molecule has 0 saturated carbocycles. The highest BCUT2D eigenvalue weighted by Crippen LogP contribution is 2.14. The van der Waals surface area contributed by atoms with Crippen LogP contribution in [-0.2, 0) is 13.3 Å². The number of aromatic nitrogens is 3. The largest absolute Gasteiger partial charge is 0.500 e. The van der Waals surface area contributed by atoms with Crippen LogP contribution in [0.3, 0.4) is 0 Å². The van der Waals surface area contributed by atoms with Gasteiger partial charge in [0.2, 0.25) is 0 Å². The standard InChI is InChI=1S/C9H17N3O6Si/c1-15-19(16-2,17-3)6-4-5-18-9-11-7(13)10-8(14)12-9/h4-6H2,1-3H3,(H2,10,11,12,13,14). The van der Waals surface area contributed by atoms with Gasteiger partial charge in [0.1, 0.15) is 0 Å². The molecule has 1 rings (SSSR count). The second-order valence-electron chi connectivity index (χ2n) is 3.55. The maximum Gasteiger partial charge on any atom is 0.500 e. The number of rotatable bonds is 8. The maximum absolute atomic E-state index is 11.0. The van der Waals surface area contributed by atoms with Crippen LogP contribution in [0.1, 0.15) is 6.42 Å². The summed E-state index contributed by atoms with van der Waals surface area (Å²) in [6, 6.07) is 0.428. The van der Waals surface area contributed by atoms with Crippen LogP contribution in [0.4, 0.5) is 0 Å². The minimum Gasteiger partial charge on any atom is -0.465 e. The lowest BCUT2D eigenvalue weighted by Gasteiger charge is -2.24. The third kappa shape index (κ3) is 4.59. The molecule has 0 bridgehead atoms. The summed E-state index contributed by atoms with van der Waals surface area (Å²) in [4.78, 5) is 29.5. The third-order valence-corrected chi connectivity index (χ3v) is 5.28. The molecule has 0 spiro atoms. The van der Waals surface area contributed by atoms with E-state index in [4.69, 9.17) is 18.0 Å². The zero-order valence-corrected chi connectivity index (χ0v) is 12.0. The quantitative estimate of drug-likeness (QED) is 0.471. The van der Waals surface area contributed by atoms with Crippen molar-refractivity contribution in [3.8, 4) is 6.01 Å². The van der Waals surface area contributed by atoms with Crippen LogP contribution in [0.5, 0.6) is 6.01 Å². The molecule has 0 unspecified atom stereocenters. The Labute approximate surface area is 110 Å². The minimum absolute atomic E-state index is 0.117. The fourth-order valence-corrected chi connectivity index (χ4v) is 3.15. The van der Waals surface area contributed by atoms with E-state index in [2.05, 4.69) is 9.97 Å². The number of hydrogen-bond donors (Lipinski definition) is 2. The third-order valence-electron chi connectivity index (χ3n) is 2.44. The van der Waals surface area contributed by atoms with Crippen molar-refractivity contribution in [1.82, 2.24) is 15.0 Å². The topological polar surface area (TPSA) is 116 Å². The van der Waals surface area contributed by atoms with E-state index in [0.29, 0.717) is 12.5 Å². The molecule has 9 nitrogen and oxygen atoms in total. The fraction of sp³-hybridized carbons (Fsp3) is 0.667. The molecule has 0 atom stereocenters. The van der Waals surface area contributed by atoms with E-state index in [9.17, 15) is 9.59 Å². The lowest BCUT2D eigenvalue weighted by molar-refractivity contribution is 0.120. The van der Waals surface area contributed by atoms with E-state index in [1.54, 1.807) is 0 Å². The first-order valence-electron chi connectivity index (χ1n) is 5.54. The van der Waals surface area contributed by atoms with Gasteiger partial charge < -0.3 is 18.0 Å². The Morgan fingerprint density at radius 1 is 1.11 bits per heavy atom. The molecule has 1 aromatic heterocycles. The monoisotopic (exact) mass is 291 g/mol. The molecule has 10 heteroatoms. The molecular weight excluding hydrogens is 274 g/mol. The highest BCUT2D eigenvalue weighted by molar-refractivity contribution is 6.60. The lowest BCUT2D eigenvalue weighted by atomic mass is 10.5. The van der Waals surface area contributed by atoms with E-state index in [-0.39, 0.29) is 12.6 Å². The second-order valence-corrected chi connectivity index (χ2v) is 6.64. The van der Waals surface area contributed by atoms with E-state index in [0.717, 1.165) is 0 Å². The van der Waals surface area contributed by atoms with Crippen LogP contribution in [0.15, 0.2) is 9.59 Å². The molecule has 1 heterocycles. The van der Waals surface area contributed by atoms with Crippen molar-refractivity contribution in [2.75, 3.05) is 27.9 Å². The Kier molecular flexibility index (Phi) is 5.88. The van der Waals surface area contributed by atoms with Gasteiger partial charge in [-0.2, -0.15) is 0 Å². The SMILES string of the molecule is CO[Si](CCCOc1nc(=O)[nH]c(=O)[nH]1)(OC)OC. The molecule has 0 radical (unpaired) electrons. The highest BCUT2D eigenvalue weighted by atomic mass is 28.4. The molecule has 2 N–H and O–H groups in total. The first kappa shape index (κ1) is 15.6. The van der Waals surface area contributed by atoms with E-state index in [1.165, 1.54) is 21.3 Å². The molecule has 0 aliphatic carbocycles. The highest BCUT2D eigenvalue weighted by Gasteiger charge is 2.36. The molecule has 0 aromatic carbocycles. The van der Waals surface area contributed by atoms with Gasteiger partial charge in [-0.3, -0.25) is 9.97 Å². The van der Waals surface area contributed by atoms with Crippen molar-refractivity contribution >= 4 is 8.80 Å². The van der Waals surface area contributed by atoms with Gasteiger partial charge >= 0.3 is 26.2 Å². The van der Waals surface area contributed by atoms with Gasteiger partial charge in [-0.15, -0.1) is 4.98 Å². The summed E-state index contributed by atoms with van der Waals surface area (Å²) in [7, 11) is 1.95. The Morgan fingerprint density at radius 3 is 2.26 bits per heavy atom. The minimum atomic E-state index is -2.62. The van der Waals surface area contributed by atoms with Crippen molar-refractivity contribution in [3.05, 3.63) is 21.0 Å². The molecule has 0 aliphatic rings. The summed E-state index contributed by atoms with van der Waals surface area (Å²) in [6.45, 7) is 0.247. The van der Waals surface area contributed by atoms with Crippen molar-refractivity contribution in [1.29, 1.82) is 0 Å². The van der Waals surface area contributed by atoms with Gasteiger partial charge in [0.15, 0.2) is 0 Å². The van der Waals surface area contributed by atoms with Gasteiger partial charge in [-0.05, 0) is 6.42 Å². The molecule has 1 aromatic rings. The van der Waals surface area contributed by atoms with Crippen LogP contribution in [0.25, 0.3) is 0 Å². The Bertz CT molecular complexity index is 461. The smallest absolute Gasteiger partial charge is 0.465 e. The first-order chi connectivity index (χ1) is 9.05. The zero-order valence-electron chi connectivity index (χ0n) is 11.0. The van der Waals surface area contributed by atoms with Crippen LogP contribution >= 0.6 is 0 Å². The normalized spacial score (nSPS) is 11.5. The lowest BCUT2D eigenvalue weighted by Crippen LogP contribution is -2.42. The first-order valence-corrected chi connectivity index (χ1v) is 7.47. The molecule has 0 saturated heterocycles. The van der Waals surface area contributed by atoms with Gasteiger partial charge in [0.05, 0.1) is 6.61 Å². The summed E-state index contributed by atoms with van der Waals surface area (Å²) in [5.41, 5.74) is -1.42. The molecule has 0 aliphatic heterocycles. The van der Waals surface area contributed by atoms with Crippen molar-refractivity contribution in [3.63, 3.8) is 0 Å². The van der Waals surface area contributed by atoms with Crippen LogP contribution in [0, 0.1) is 0 Å². The van der Waals surface area contributed by atoms with Crippen LogP contribution in [0.2, 0.25) is 6.04 Å². The summed E-state index contributed by atoms with van der Waals surface area (Å²) >= 11 is 0. The number of hydrogen-bond acceptors (Lipinski definition) is 7. The number of nitrogens with one attached hydrogen (secondary N) is 2. The average molecular weight is 291 g/mol. The van der Waals surface area contributed by atoms with Gasteiger partial charge in [-0.25, -0.2) is 9.59 Å². The Morgan fingerprint density at radius 2 is 1.74 bits per heavy atom. The molecule has 108 valence electrons. The van der Waals surface area contributed by atoms with E-state index >= 15 is 0 Å². The maximum atomic E-state index is 11.0. The molecule has 0 fully saturated rings. The summed E-state index contributed by atoms with van der Waals surface area (Å²) in [6.07, 6.45) is 0.568. The molecule has 0 amide bonds. The second kappa shape index (κ2) is 7.18. The van der Waals surface area contributed by atoms with Gasteiger partial charge in [0, 0.05) is 27.4 Å². The number of ether oxygens (including phenoxy) is 1. The van der Waals surface area contributed by atoms with Crippen molar-refractivity contribution in [2.24, 2.45) is 0 Å². The van der Waals surface area contributed by atoms with Crippen molar-refractivity contribution in [2.45, 2.75) is 12.5 Å². The number of aromatic amines is 2. The van der Waals surface area contributed by atoms with Gasteiger partial charge in [-0.1, -0.05) is 0 Å². The summed E-state index contributed by atoms with van der Waals surface area (Å²) in [5, 5.41) is 0. The Balaban J connectivity index is 2.46. The van der Waals surface area contributed by atoms with E-state index < -0.39 is 20.2 Å². The van der Waals surface area contributed by atoms with Gasteiger partial charge in [0.25, 0.3) is 0 Å². The molecule has 19 heavy (non-hydrogen) atoms. The van der Waals surface area contributed by atoms with Crippen molar-refractivity contribution < 1.29 is 18.0 Å². The fourth-order valence-electron chi connectivity index (χ4n) is 1.46. The summed E-state index contributed by atoms with van der Waals surface area (Å²) in [5.74, 6) is 0. The average Bonchev–Trinajstić information content (AvgIpc) is 2.39. The Hall–Kier alpha value is -1.49. The van der Waals surface area contributed by atoms with E-state index in [1.807, 2.05) is 4.98 Å². The molecular formula is C9H17N3O6Si. The predicted molar refractivity (Wildman–Crippen MR) is 67.2 cm³/mol. The number of H-pyrrole nitrogens is 2. The van der Waals surface area contributed by atoms with Crippen LogP contribution < -0.4 is 16.1 Å². The number of nitrogens with zero attached hydrogens (tertiary/aromatic N) is 1.